The van der Waals surface area contributed by atoms with Crippen molar-refractivity contribution < 1.29 is 0 Å². The van der Waals surface area contributed by atoms with E-state index in [1.807, 2.05) is 0 Å². The van der Waals surface area contributed by atoms with E-state index in [4.69, 9.17) is 0 Å². The van der Waals surface area contributed by atoms with E-state index in [-0.39, 0.29) is 0 Å². The Morgan fingerprint density at radius 1 is 1.00 bits per heavy atom. The Labute approximate surface area is 109 Å². The van der Waals surface area contributed by atoms with Gasteiger partial charge in [0.15, 0.2) is 0 Å². The van der Waals surface area contributed by atoms with Gasteiger partial charge >= 0.3 is 0 Å². The Balaban J connectivity index is 2.13. The number of aryl methyl sites for hydroxylation is 1. The lowest BCUT2D eigenvalue weighted by Gasteiger charge is -2.35. The van der Waals surface area contributed by atoms with Gasteiger partial charge in [-0.3, -0.25) is 4.90 Å². The van der Waals surface area contributed by atoms with Crippen molar-refractivity contribution >= 4 is 0 Å². The van der Waals surface area contributed by atoms with Crippen molar-refractivity contribution in [2.24, 2.45) is 0 Å². The van der Waals surface area contributed by atoms with Crippen molar-refractivity contribution in [2.75, 3.05) is 13.6 Å². The van der Waals surface area contributed by atoms with Gasteiger partial charge in [0.1, 0.15) is 0 Å². The lowest BCUT2D eigenvalue weighted by Crippen LogP contribution is -2.33. The van der Waals surface area contributed by atoms with Gasteiger partial charge in [-0.2, -0.15) is 0 Å². The van der Waals surface area contributed by atoms with E-state index < -0.39 is 0 Å². The molecule has 1 aliphatic heterocycles. The second-order valence-corrected chi connectivity index (χ2v) is 5.19. The highest BCUT2D eigenvalue weighted by atomic mass is 15.1. The summed E-state index contributed by atoms with van der Waals surface area (Å²) in [7, 11) is 2.23. The van der Waals surface area contributed by atoms with Crippen LogP contribution in [-0.4, -0.2) is 18.5 Å². The van der Waals surface area contributed by atoms with Gasteiger partial charge in [-0.25, -0.2) is 0 Å². The molecule has 92 valence electrons. The highest BCUT2D eigenvalue weighted by Gasteiger charge is 2.26. The first-order chi connectivity index (χ1) is 8.77. The highest BCUT2D eigenvalue weighted by molar-refractivity contribution is 5.43. The summed E-state index contributed by atoms with van der Waals surface area (Å²) in [5.74, 6) is 0. The minimum atomic E-state index is 0.412. The predicted octanol–water partition coefficient (Wildman–Crippen LogP) is 3.57. The molecule has 2 aromatic carbocycles. The van der Waals surface area contributed by atoms with E-state index >= 15 is 0 Å². The molecule has 2 aromatic rings. The molecule has 3 rings (SSSR count). The number of fused-ring (bicyclic) bond motifs is 1. The van der Waals surface area contributed by atoms with Crippen molar-refractivity contribution in [1.82, 2.24) is 4.90 Å². The fraction of sp³-hybridized carbons (Fsp3) is 0.294. The molecule has 0 aromatic heterocycles. The first kappa shape index (κ1) is 11.5. The molecule has 1 aliphatic rings. The van der Waals surface area contributed by atoms with E-state index in [2.05, 4.69) is 67.4 Å². The third-order valence-corrected chi connectivity index (χ3v) is 4.01. The second-order valence-electron chi connectivity index (χ2n) is 5.19. The van der Waals surface area contributed by atoms with Crippen LogP contribution in [0, 0.1) is 6.92 Å². The number of benzene rings is 2. The third-order valence-electron chi connectivity index (χ3n) is 4.01. The summed E-state index contributed by atoms with van der Waals surface area (Å²) >= 11 is 0. The van der Waals surface area contributed by atoms with Crippen LogP contribution < -0.4 is 0 Å². The molecule has 0 amide bonds. The number of hydrogen-bond acceptors (Lipinski definition) is 1. The highest BCUT2D eigenvalue weighted by Crippen LogP contribution is 2.35. The average Bonchev–Trinajstić information content (AvgIpc) is 2.40. The number of likely N-dealkylation sites (N-methyl/N-ethyl adjacent to an activating group) is 1. The van der Waals surface area contributed by atoms with Crippen LogP contribution >= 0.6 is 0 Å². The van der Waals surface area contributed by atoms with E-state index in [1.54, 1.807) is 5.56 Å². The maximum absolute atomic E-state index is 2.46. The summed E-state index contributed by atoms with van der Waals surface area (Å²) in [5, 5.41) is 0. The molecule has 1 heterocycles. The molecule has 0 saturated heterocycles. The molecule has 0 fully saturated rings. The Kier molecular flexibility index (Phi) is 2.92. The molecular weight excluding hydrogens is 218 g/mol. The van der Waals surface area contributed by atoms with Crippen molar-refractivity contribution in [3.8, 4) is 0 Å². The first-order valence-electron chi connectivity index (χ1n) is 6.61. The van der Waals surface area contributed by atoms with Crippen molar-refractivity contribution in [2.45, 2.75) is 19.4 Å². The lowest BCUT2D eigenvalue weighted by atomic mass is 9.86. The van der Waals surface area contributed by atoms with Crippen LogP contribution in [0.25, 0.3) is 0 Å². The standard InChI is InChI=1S/C17H19N/c1-13-7-6-10-16-15(13)11-12-18(2)17(16)14-8-4-3-5-9-14/h3-10,17H,11-12H2,1-2H3. The van der Waals surface area contributed by atoms with Crippen LogP contribution in [0.1, 0.15) is 28.3 Å². The first-order valence-corrected chi connectivity index (χ1v) is 6.61. The van der Waals surface area contributed by atoms with Crippen LogP contribution in [0.2, 0.25) is 0 Å². The van der Waals surface area contributed by atoms with Crippen LogP contribution in [0.5, 0.6) is 0 Å². The Hall–Kier alpha value is -1.60. The Bertz CT molecular complexity index is 545. The quantitative estimate of drug-likeness (QED) is 0.733. The normalized spacial score (nSPS) is 19.6. The molecule has 18 heavy (non-hydrogen) atoms. The molecule has 1 unspecified atom stereocenters. The zero-order valence-corrected chi connectivity index (χ0v) is 11.1. The minimum Gasteiger partial charge on any atom is -0.295 e. The molecular formula is C17H19N. The molecule has 1 nitrogen and oxygen atoms in total. The fourth-order valence-corrected chi connectivity index (χ4v) is 3.05. The van der Waals surface area contributed by atoms with Crippen LogP contribution in [0.4, 0.5) is 0 Å². The number of rotatable bonds is 1. The fourth-order valence-electron chi connectivity index (χ4n) is 3.05. The van der Waals surface area contributed by atoms with Crippen LogP contribution in [-0.2, 0) is 6.42 Å². The smallest absolute Gasteiger partial charge is 0.0602 e. The molecule has 0 aliphatic carbocycles. The van der Waals surface area contributed by atoms with Gasteiger partial charge in [0.2, 0.25) is 0 Å². The third kappa shape index (κ3) is 1.85. The molecule has 0 radical (unpaired) electrons. The molecule has 0 saturated carbocycles. The number of nitrogens with zero attached hydrogens (tertiary/aromatic N) is 1. The van der Waals surface area contributed by atoms with Gasteiger partial charge in [-0.15, -0.1) is 0 Å². The minimum absolute atomic E-state index is 0.412. The molecule has 1 heteroatoms. The Morgan fingerprint density at radius 3 is 2.56 bits per heavy atom. The van der Waals surface area contributed by atoms with Gasteiger partial charge in [-0.1, -0.05) is 48.5 Å². The molecule has 1 atom stereocenters. The van der Waals surface area contributed by atoms with Crippen LogP contribution in [0.15, 0.2) is 48.5 Å². The maximum atomic E-state index is 2.46. The van der Waals surface area contributed by atoms with Gasteiger partial charge < -0.3 is 0 Å². The van der Waals surface area contributed by atoms with E-state index in [0.717, 1.165) is 6.54 Å². The largest absolute Gasteiger partial charge is 0.295 e. The molecule has 0 bridgehead atoms. The number of hydrogen-bond donors (Lipinski definition) is 0. The second kappa shape index (κ2) is 4.58. The summed E-state index contributed by atoms with van der Waals surface area (Å²) in [6.07, 6.45) is 1.17. The molecule has 0 N–H and O–H groups in total. The summed E-state index contributed by atoms with van der Waals surface area (Å²) in [5.41, 5.74) is 5.85. The lowest BCUT2D eigenvalue weighted by molar-refractivity contribution is 0.264. The van der Waals surface area contributed by atoms with Crippen molar-refractivity contribution in [3.05, 3.63) is 70.8 Å². The maximum Gasteiger partial charge on any atom is 0.0602 e. The van der Waals surface area contributed by atoms with Gasteiger partial charge in [0.25, 0.3) is 0 Å². The van der Waals surface area contributed by atoms with E-state index in [9.17, 15) is 0 Å². The predicted molar refractivity (Wildman–Crippen MR) is 75.8 cm³/mol. The Morgan fingerprint density at radius 2 is 1.78 bits per heavy atom. The van der Waals surface area contributed by atoms with Gasteiger partial charge in [-0.05, 0) is 42.6 Å². The topological polar surface area (TPSA) is 3.24 Å². The zero-order chi connectivity index (χ0) is 12.5. The van der Waals surface area contributed by atoms with Gasteiger partial charge in [0.05, 0.1) is 6.04 Å². The monoisotopic (exact) mass is 237 g/mol. The SMILES string of the molecule is Cc1cccc2c1CCN(C)C2c1ccccc1. The van der Waals surface area contributed by atoms with Gasteiger partial charge in [0, 0.05) is 6.54 Å². The summed E-state index contributed by atoms with van der Waals surface area (Å²) in [6.45, 7) is 3.36. The summed E-state index contributed by atoms with van der Waals surface area (Å²) in [4.78, 5) is 2.46. The van der Waals surface area contributed by atoms with Crippen LogP contribution in [0.3, 0.4) is 0 Å². The van der Waals surface area contributed by atoms with Crippen molar-refractivity contribution in [3.63, 3.8) is 0 Å². The summed E-state index contributed by atoms with van der Waals surface area (Å²) < 4.78 is 0. The summed E-state index contributed by atoms with van der Waals surface area (Å²) in [6, 6.07) is 17.9. The van der Waals surface area contributed by atoms with E-state index in [0.29, 0.717) is 6.04 Å². The molecule has 0 spiro atoms. The average molecular weight is 237 g/mol. The van der Waals surface area contributed by atoms with E-state index in [1.165, 1.54) is 23.1 Å². The zero-order valence-electron chi connectivity index (χ0n) is 11.1. The van der Waals surface area contributed by atoms with Crippen molar-refractivity contribution in [1.29, 1.82) is 0 Å².